The van der Waals surface area contributed by atoms with E-state index in [1.165, 1.54) is 11.3 Å². The maximum absolute atomic E-state index is 11.0. The molecule has 0 spiro atoms. The van der Waals surface area contributed by atoms with Gasteiger partial charge in [-0.3, -0.25) is 0 Å². The molecule has 0 amide bonds. The Balaban J connectivity index is 2.03. The highest BCUT2D eigenvalue weighted by atomic mass is 32.1. The SMILES string of the molecule is CCCc1noc(COc2cc(C)sc2C(=O)O)n1. The maximum atomic E-state index is 11.0. The summed E-state index contributed by atoms with van der Waals surface area (Å²) in [6.45, 7) is 3.93. The third-order valence-corrected chi connectivity index (χ3v) is 3.37. The highest BCUT2D eigenvalue weighted by molar-refractivity contribution is 7.14. The number of rotatable bonds is 6. The molecule has 19 heavy (non-hydrogen) atoms. The van der Waals surface area contributed by atoms with Gasteiger partial charge in [0.1, 0.15) is 5.75 Å². The average Bonchev–Trinajstić information content (AvgIpc) is 2.94. The first-order chi connectivity index (χ1) is 9.10. The molecule has 0 aliphatic rings. The fourth-order valence-electron chi connectivity index (χ4n) is 1.56. The van der Waals surface area contributed by atoms with E-state index in [0.29, 0.717) is 17.5 Å². The summed E-state index contributed by atoms with van der Waals surface area (Å²) < 4.78 is 10.4. The van der Waals surface area contributed by atoms with Crippen LogP contribution in [0.4, 0.5) is 0 Å². The third-order valence-electron chi connectivity index (χ3n) is 2.35. The Hall–Kier alpha value is -1.89. The fourth-order valence-corrected chi connectivity index (χ4v) is 2.35. The molecule has 0 unspecified atom stereocenters. The minimum atomic E-state index is -0.995. The van der Waals surface area contributed by atoms with Crippen molar-refractivity contribution in [3.8, 4) is 5.75 Å². The first-order valence-corrected chi connectivity index (χ1v) is 6.69. The second-order valence-electron chi connectivity index (χ2n) is 4.00. The van der Waals surface area contributed by atoms with Gasteiger partial charge in [-0.1, -0.05) is 12.1 Å². The molecule has 0 aliphatic carbocycles. The zero-order valence-electron chi connectivity index (χ0n) is 10.7. The van der Waals surface area contributed by atoms with Gasteiger partial charge in [-0.05, 0) is 19.4 Å². The van der Waals surface area contributed by atoms with Gasteiger partial charge < -0.3 is 14.4 Å². The van der Waals surface area contributed by atoms with Crippen LogP contribution >= 0.6 is 11.3 Å². The summed E-state index contributed by atoms with van der Waals surface area (Å²) in [6.07, 6.45) is 1.69. The van der Waals surface area contributed by atoms with Gasteiger partial charge in [0.15, 0.2) is 17.3 Å². The van der Waals surface area contributed by atoms with Gasteiger partial charge in [-0.25, -0.2) is 4.79 Å². The van der Waals surface area contributed by atoms with Crippen LogP contribution < -0.4 is 4.74 Å². The summed E-state index contributed by atoms with van der Waals surface area (Å²) in [5, 5.41) is 12.8. The quantitative estimate of drug-likeness (QED) is 0.876. The van der Waals surface area contributed by atoms with E-state index in [4.69, 9.17) is 14.4 Å². The summed E-state index contributed by atoms with van der Waals surface area (Å²) >= 11 is 1.18. The van der Waals surface area contributed by atoms with Gasteiger partial charge in [-0.15, -0.1) is 11.3 Å². The second-order valence-corrected chi connectivity index (χ2v) is 5.25. The number of aromatic nitrogens is 2. The van der Waals surface area contributed by atoms with Crippen molar-refractivity contribution in [2.75, 3.05) is 0 Å². The van der Waals surface area contributed by atoms with Crippen molar-refractivity contribution in [3.63, 3.8) is 0 Å². The first kappa shape index (κ1) is 13.5. The maximum Gasteiger partial charge on any atom is 0.349 e. The largest absolute Gasteiger partial charge is 0.482 e. The van der Waals surface area contributed by atoms with Crippen molar-refractivity contribution >= 4 is 17.3 Å². The van der Waals surface area contributed by atoms with Gasteiger partial charge in [0.25, 0.3) is 5.89 Å². The number of aromatic carboxylic acids is 1. The minimum Gasteiger partial charge on any atom is -0.482 e. The van der Waals surface area contributed by atoms with Gasteiger partial charge >= 0.3 is 5.97 Å². The summed E-state index contributed by atoms with van der Waals surface area (Å²) in [4.78, 5) is 16.2. The monoisotopic (exact) mass is 282 g/mol. The zero-order chi connectivity index (χ0) is 13.8. The van der Waals surface area contributed by atoms with Crippen LogP contribution in [0.25, 0.3) is 0 Å². The van der Waals surface area contributed by atoms with E-state index in [1.54, 1.807) is 6.07 Å². The second kappa shape index (κ2) is 5.83. The van der Waals surface area contributed by atoms with Crippen LogP contribution in [0.2, 0.25) is 0 Å². The molecule has 0 aromatic carbocycles. The topological polar surface area (TPSA) is 85.5 Å². The molecule has 0 saturated carbocycles. The molecule has 0 radical (unpaired) electrons. The van der Waals surface area contributed by atoms with Crippen molar-refractivity contribution < 1.29 is 19.2 Å². The zero-order valence-corrected chi connectivity index (χ0v) is 11.5. The van der Waals surface area contributed by atoms with Crippen LogP contribution in [0.15, 0.2) is 10.6 Å². The third kappa shape index (κ3) is 3.31. The predicted molar refractivity (Wildman–Crippen MR) is 68.6 cm³/mol. The standard InChI is InChI=1S/C12H14N2O4S/c1-3-4-9-13-10(18-14-9)6-17-8-5-7(2)19-11(8)12(15)16/h5H,3-4,6H2,1-2H3,(H,15,16). The van der Waals surface area contributed by atoms with E-state index in [1.807, 2.05) is 13.8 Å². The lowest BCUT2D eigenvalue weighted by Crippen LogP contribution is -2.00. The van der Waals surface area contributed by atoms with Crippen molar-refractivity contribution in [1.29, 1.82) is 0 Å². The molecule has 2 rings (SSSR count). The van der Waals surface area contributed by atoms with Crippen LogP contribution in [0.1, 0.15) is 39.6 Å². The van der Waals surface area contributed by atoms with E-state index in [-0.39, 0.29) is 11.5 Å². The van der Waals surface area contributed by atoms with Gasteiger partial charge in [0.2, 0.25) is 0 Å². The van der Waals surface area contributed by atoms with E-state index in [9.17, 15) is 4.79 Å². The lowest BCUT2D eigenvalue weighted by Gasteiger charge is -2.01. The molecule has 7 heteroatoms. The molecule has 0 saturated heterocycles. The molecule has 0 atom stereocenters. The Morgan fingerprint density at radius 2 is 2.37 bits per heavy atom. The summed E-state index contributed by atoms with van der Waals surface area (Å²) in [7, 11) is 0. The Bertz CT molecular complexity index is 576. The van der Waals surface area contributed by atoms with Gasteiger partial charge in [0, 0.05) is 11.3 Å². The summed E-state index contributed by atoms with van der Waals surface area (Å²) in [5.41, 5.74) is 0. The van der Waals surface area contributed by atoms with Gasteiger partial charge in [0.05, 0.1) is 0 Å². The molecule has 2 aromatic rings. The molecule has 0 fully saturated rings. The first-order valence-electron chi connectivity index (χ1n) is 5.88. The number of thiophene rings is 1. The highest BCUT2D eigenvalue weighted by Crippen LogP contribution is 2.29. The number of ether oxygens (including phenoxy) is 1. The van der Waals surface area contributed by atoms with Crippen LogP contribution in [0.3, 0.4) is 0 Å². The van der Waals surface area contributed by atoms with E-state index in [2.05, 4.69) is 10.1 Å². The Morgan fingerprint density at radius 3 is 3.05 bits per heavy atom. The predicted octanol–water partition coefficient (Wildman–Crippen LogP) is 2.67. The number of hydrogen-bond acceptors (Lipinski definition) is 6. The van der Waals surface area contributed by atoms with E-state index >= 15 is 0 Å². The van der Waals surface area contributed by atoms with Gasteiger partial charge in [-0.2, -0.15) is 4.98 Å². The van der Waals surface area contributed by atoms with Crippen molar-refractivity contribution in [3.05, 3.63) is 27.5 Å². The van der Waals surface area contributed by atoms with Crippen molar-refractivity contribution in [1.82, 2.24) is 10.1 Å². The molecule has 2 heterocycles. The molecular formula is C12H14N2O4S. The molecule has 6 nitrogen and oxygen atoms in total. The number of carboxylic acid groups (broad SMARTS) is 1. The van der Waals surface area contributed by atoms with Crippen LogP contribution in [0, 0.1) is 6.92 Å². The number of aryl methyl sites for hydroxylation is 2. The molecule has 0 bridgehead atoms. The Labute approximate surface area is 114 Å². The highest BCUT2D eigenvalue weighted by Gasteiger charge is 2.16. The summed E-state index contributed by atoms with van der Waals surface area (Å²) in [5.74, 6) is 0.334. The van der Waals surface area contributed by atoms with Crippen LogP contribution in [-0.4, -0.2) is 21.2 Å². The number of carbonyl (C=O) groups is 1. The molecule has 1 N–H and O–H groups in total. The lowest BCUT2D eigenvalue weighted by molar-refractivity contribution is 0.0697. The lowest BCUT2D eigenvalue weighted by atomic mass is 10.3. The smallest absolute Gasteiger partial charge is 0.349 e. The fraction of sp³-hybridized carbons (Fsp3) is 0.417. The molecule has 2 aromatic heterocycles. The number of nitrogens with zero attached hydrogens (tertiary/aromatic N) is 2. The molecule has 0 aliphatic heterocycles. The minimum absolute atomic E-state index is 0.0766. The van der Waals surface area contributed by atoms with Crippen LogP contribution in [-0.2, 0) is 13.0 Å². The molecule has 102 valence electrons. The van der Waals surface area contributed by atoms with Crippen molar-refractivity contribution in [2.24, 2.45) is 0 Å². The number of carboxylic acids is 1. The average molecular weight is 282 g/mol. The Morgan fingerprint density at radius 1 is 1.58 bits per heavy atom. The van der Waals surface area contributed by atoms with Crippen LogP contribution in [0.5, 0.6) is 5.75 Å². The normalized spacial score (nSPS) is 10.6. The van der Waals surface area contributed by atoms with E-state index in [0.717, 1.165) is 17.7 Å². The van der Waals surface area contributed by atoms with Crippen molar-refractivity contribution in [2.45, 2.75) is 33.3 Å². The molecular weight excluding hydrogens is 268 g/mol. The van der Waals surface area contributed by atoms with E-state index < -0.39 is 5.97 Å². The summed E-state index contributed by atoms with van der Waals surface area (Å²) in [6, 6.07) is 1.69. The Kier molecular flexibility index (Phi) is 4.16. The number of hydrogen-bond donors (Lipinski definition) is 1.